The molecule has 0 bridgehead atoms. The van der Waals surface area contributed by atoms with Crippen molar-refractivity contribution in [2.75, 3.05) is 11.2 Å². The summed E-state index contributed by atoms with van der Waals surface area (Å²) in [7, 11) is 0. The molecule has 2 rings (SSSR count). The van der Waals surface area contributed by atoms with Crippen molar-refractivity contribution in [1.82, 2.24) is 19.9 Å². The summed E-state index contributed by atoms with van der Waals surface area (Å²) in [6.45, 7) is 2.12. The average Bonchev–Trinajstić information content (AvgIpc) is 2.77. The van der Waals surface area contributed by atoms with E-state index in [1.165, 1.54) is 6.33 Å². The zero-order valence-corrected chi connectivity index (χ0v) is 9.83. The number of rotatable bonds is 5. The maximum Gasteiger partial charge on any atom is 0.182 e. The van der Waals surface area contributed by atoms with Crippen molar-refractivity contribution in [2.24, 2.45) is 0 Å². The number of halogens is 1. The molecular formula is C10H14ClN5. The van der Waals surface area contributed by atoms with Gasteiger partial charge in [-0.25, -0.2) is 15.0 Å². The molecule has 16 heavy (non-hydrogen) atoms. The summed E-state index contributed by atoms with van der Waals surface area (Å²) < 4.78 is 0. The lowest BCUT2D eigenvalue weighted by molar-refractivity contribution is 0.672. The molecule has 0 aliphatic rings. The minimum Gasteiger partial charge on any atom is -0.365 e. The molecule has 0 amide bonds. The van der Waals surface area contributed by atoms with Gasteiger partial charge in [0.05, 0.1) is 6.33 Å². The van der Waals surface area contributed by atoms with E-state index >= 15 is 0 Å². The lowest BCUT2D eigenvalue weighted by atomic mass is 10.2. The van der Waals surface area contributed by atoms with E-state index in [2.05, 4.69) is 32.2 Å². The first kappa shape index (κ1) is 11.1. The summed E-state index contributed by atoms with van der Waals surface area (Å²) in [5.74, 6) is 1.43. The predicted molar refractivity (Wildman–Crippen MR) is 64.7 cm³/mol. The maximum atomic E-state index is 5.75. The number of aromatic amines is 1. The van der Waals surface area contributed by atoms with Crippen LogP contribution in [0.2, 0.25) is 0 Å². The lowest BCUT2D eigenvalue weighted by Gasteiger charge is -2.16. The predicted octanol–water partition coefficient (Wildman–Crippen LogP) is 2.17. The van der Waals surface area contributed by atoms with Crippen LogP contribution in [0.1, 0.15) is 19.8 Å². The van der Waals surface area contributed by atoms with E-state index in [4.69, 9.17) is 11.6 Å². The quantitative estimate of drug-likeness (QED) is 0.785. The number of anilines is 1. The van der Waals surface area contributed by atoms with Gasteiger partial charge in [-0.1, -0.05) is 6.92 Å². The molecule has 0 fully saturated rings. The molecule has 2 aromatic rings. The van der Waals surface area contributed by atoms with E-state index in [-0.39, 0.29) is 0 Å². The van der Waals surface area contributed by atoms with Gasteiger partial charge >= 0.3 is 0 Å². The summed E-state index contributed by atoms with van der Waals surface area (Å²) in [6.07, 6.45) is 5.05. The number of hydrogen-bond donors (Lipinski definition) is 2. The highest BCUT2D eigenvalue weighted by Gasteiger charge is 2.10. The second kappa shape index (κ2) is 5.12. The van der Waals surface area contributed by atoms with Crippen molar-refractivity contribution < 1.29 is 0 Å². The fraction of sp³-hybridized carbons (Fsp3) is 0.500. The van der Waals surface area contributed by atoms with E-state index in [9.17, 15) is 0 Å². The van der Waals surface area contributed by atoms with E-state index in [1.54, 1.807) is 6.33 Å². The number of fused-ring (bicyclic) bond motifs is 1. The van der Waals surface area contributed by atoms with Crippen LogP contribution in [0.25, 0.3) is 11.2 Å². The topological polar surface area (TPSA) is 66.5 Å². The second-order valence-corrected chi connectivity index (χ2v) is 3.93. The molecule has 2 N–H and O–H groups in total. The molecular weight excluding hydrogens is 226 g/mol. The molecule has 0 aliphatic carbocycles. The third-order valence-electron chi connectivity index (χ3n) is 2.51. The van der Waals surface area contributed by atoms with Crippen molar-refractivity contribution in [2.45, 2.75) is 25.8 Å². The molecule has 0 saturated carbocycles. The fourth-order valence-electron chi connectivity index (χ4n) is 1.58. The van der Waals surface area contributed by atoms with Crippen molar-refractivity contribution >= 4 is 28.6 Å². The van der Waals surface area contributed by atoms with E-state index in [0.717, 1.165) is 24.2 Å². The first-order valence-electron chi connectivity index (χ1n) is 5.31. The number of nitrogens with zero attached hydrogens (tertiary/aromatic N) is 3. The SMILES string of the molecule is CCC(CCCl)Nc1ncnc2nc[nH]c12. The van der Waals surface area contributed by atoms with Crippen molar-refractivity contribution in [3.63, 3.8) is 0 Å². The molecule has 0 saturated heterocycles. The zero-order valence-electron chi connectivity index (χ0n) is 9.07. The molecule has 0 radical (unpaired) electrons. The van der Waals surface area contributed by atoms with Gasteiger partial charge in [-0.15, -0.1) is 11.6 Å². The van der Waals surface area contributed by atoms with Crippen LogP contribution in [-0.4, -0.2) is 31.9 Å². The maximum absolute atomic E-state index is 5.75. The van der Waals surface area contributed by atoms with Crippen LogP contribution in [0, 0.1) is 0 Å². The van der Waals surface area contributed by atoms with Crippen molar-refractivity contribution in [3.05, 3.63) is 12.7 Å². The highest BCUT2D eigenvalue weighted by atomic mass is 35.5. The Balaban J connectivity index is 2.22. The van der Waals surface area contributed by atoms with Crippen LogP contribution in [0.4, 0.5) is 5.82 Å². The van der Waals surface area contributed by atoms with Gasteiger partial charge in [-0.2, -0.15) is 0 Å². The molecule has 86 valence electrons. The van der Waals surface area contributed by atoms with Crippen LogP contribution in [-0.2, 0) is 0 Å². The average molecular weight is 240 g/mol. The molecule has 2 heterocycles. The Morgan fingerprint density at radius 3 is 3.06 bits per heavy atom. The highest BCUT2D eigenvalue weighted by molar-refractivity contribution is 6.17. The molecule has 2 aromatic heterocycles. The van der Waals surface area contributed by atoms with Crippen LogP contribution in [0.15, 0.2) is 12.7 Å². The number of hydrogen-bond acceptors (Lipinski definition) is 4. The Bertz CT molecular complexity index is 455. The molecule has 6 heteroatoms. The second-order valence-electron chi connectivity index (χ2n) is 3.55. The van der Waals surface area contributed by atoms with Gasteiger partial charge in [-0.3, -0.25) is 0 Å². The molecule has 1 unspecified atom stereocenters. The van der Waals surface area contributed by atoms with Gasteiger partial charge in [0.1, 0.15) is 11.8 Å². The molecule has 5 nitrogen and oxygen atoms in total. The fourth-order valence-corrected chi connectivity index (χ4v) is 1.84. The van der Waals surface area contributed by atoms with Crippen LogP contribution in [0.5, 0.6) is 0 Å². The molecule has 1 atom stereocenters. The lowest BCUT2D eigenvalue weighted by Crippen LogP contribution is -2.20. The van der Waals surface area contributed by atoms with Gasteiger partial charge in [0.2, 0.25) is 0 Å². The van der Waals surface area contributed by atoms with Gasteiger partial charge in [0.15, 0.2) is 11.5 Å². The highest BCUT2D eigenvalue weighted by Crippen LogP contribution is 2.17. The number of H-pyrrole nitrogens is 1. The van der Waals surface area contributed by atoms with Gasteiger partial charge in [0, 0.05) is 11.9 Å². The van der Waals surface area contributed by atoms with Gasteiger partial charge in [-0.05, 0) is 12.8 Å². The third kappa shape index (κ3) is 2.24. The Kier molecular flexibility index (Phi) is 3.56. The Morgan fingerprint density at radius 2 is 2.31 bits per heavy atom. The standard InChI is InChI=1S/C10H14ClN5/c1-2-7(3-4-11)16-10-8-9(13-5-12-8)14-6-15-10/h5-7H,2-4H2,1H3,(H2,12,13,14,15,16). The first-order chi connectivity index (χ1) is 7.85. The minimum atomic E-state index is 0.332. The van der Waals surface area contributed by atoms with E-state index in [0.29, 0.717) is 17.6 Å². The summed E-state index contributed by atoms with van der Waals surface area (Å²) in [5, 5.41) is 3.35. The summed E-state index contributed by atoms with van der Waals surface area (Å²) in [6, 6.07) is 0.332. The smallest absolute Gasteiger partial charge is 0.182 e. The third-order valence-corrected chi connectivity index (χ3v) is 2.73. The molecule has 0 aliphatic heterocycles. The number of imidazole rings is 1. The number of aromatic nitrogens is 4. The zero-order chi connectivity index (χ0) is 11.4. The Hall–Kier alpha value is -1.36. The minimum absolute atomic E-state index is 0.332. The van der Waals surface area contributed by atoms with E-state index < -0.39 is 0 Å². The van der Waals surface area contributed by atoms with E-state index in [1.807, 2.05) is 0 Å². The number of alkyl halides is 1. The Morgan fingerprint density at radius 1 is 1.44 bits per heavy atom. The Labute approximate surface area is 98.7 Å². The molecule has 0 spiro atoms. The van der Waals surface area contributed by atoms with Crippen LogP contribution in [0.3, 0.4) is 0 Å². The monoisotopic (exact) mass is 239 g/mol. The first-order valence-corrected chi connectivity index (χ1v) is 5.85. The van der Waals surface area contributed by atoms with Crippen LogP contribution >= 0.6 is 11.6 Å². The van der Waals surface area contributed by atoms with Crippen molar-refractivity contribution in [1.29, 1.82) is 0 Å². The van der Waals surface area contributed by atoms with Crippen LogP contribution < -0.4 is 5.32 Å². The molecule has 0 aromatic carbocycles. The largest absolute Gasteiger partial charge is 0.365 e. The van der Waals surface area contributed by atoms with Crippen molar-refractivity contribution in [3.8, 4) is 0 Å². The number of nitrogens with one attached hydrogen (secondary N) is 2. The van der Waals surface area contributed by atoms with Gasteiger partial charge < -0.3 is 10.3 Å². The van der Waals surface area contributed by atoms with Gasteiger partial charge in [0.25, 0.3) is 0 Å². The summed E-state index contributed by atoms with van der Waals surface area (Å²) >= 11 is 5.75. The normalized spacial score (nSPS) is 12.9. The summed E-state index contributed by atoms with van der Waals surface area (Å²) in [4.78, 5) is 15.4. The summed E-state index contributed by atoms with van der Waals surface area (Å²) in [5.41, 5.74) is 1.52.